The molecule has 0 spiro atoms. The van der Waals surface area contributed by atoms with Crippen molar-refractivity contribution in [1.29, 1.82) is 0 Å². The number of carboxylic acid groups (broad SMARTS) is 1. The Morgan fingerprint density at radius 3 is 2.15 bits per heavy atom. The zero-order valence-corrected chi connectivity index (χ0v) is 16.1. The summed E-state index contributed by atoms with van der Waals surface area (Å²) in [5.41, 5.74) is 1.07. The summed E-state index contributed by atoms with van der Waals surface area (Å²) < 4.78 is 35.7. The zero-order chi connectivity index (χ0) is 20.4. The largest absolute Gasteiger partial charge is 0.491 e. The van der Waals surface area contributed by atoms with Gasteiger partial charge in [0.2, 0.25) is 0 Å². The molecule has 0 aliphatic rings. The second-order valence-corrected chi connectivity index (χ2v) is 6.65. The molecule has 0 fully saturated rings. The number of thiol groups is 1. The van der Waals surface area contributed by atoms with E-state index in [2.05, 4.69) is 22.7 Å². The summed E-state index contributed by atoms with van der Waals surface area (Å²) in [7, 11) is 0. The van der Waals surface area contributed by atoms with Gasteiger partial charge in [0.25, 0.3) is 4.52 Å². The van der Waals surface area contributed by atoms with E-state index in [0.29, 0.717) is 12.3 Å². The van der Waals surface area contributed by atoms with Gasteiger partial charge in [-0.25, -0.2) is 4.79 Å². The van der Waals surface area contributed by atoms with Gasteiger partial charge >= 0.3 is 18.1 Å². The summed E-state index contributed by atoms with van der Waals surface area (Å²) in [6, 6.07) is 9.09. The Bertz CT molecular complexity index is 576. The summed E-state index contributed by atoms with van der Waals surface area (Å²) in [5, 5.41) is 11.6. The molecule has 0 aliphatic carbocycles. The number of ether oxygens (including phenoxy) is 1. The van der Waals surface area contributed by atoms with E-state index >= 15 is 0 Å². The highest BCUT2D eigenvalue weighted by atomic mass is 35.5. The van der Waals surface area contributed by atoms with Crippen LogP contribution in [0.25, 0.3) is 0 Å². The first kappa shape index (κ1) is 25.1. The van der Waals surface area contributed by atoms with Crippen LogP contribution in [0.4, 0.5) is 13.2 Å². The maximum absolute atomic E-state index is 11.5. The molecule has 1 rings (SSSR count). The monoisotopic (exact) mass is 455 g/mol. The van der Waals surface area contributed by atoms with Crippen LogP contribution in [0.2, 0.25) is 0 Å². The fourth-order valence-electron chi connectivity index (χ4n) is 1.29. The molecule has 0 heterocycles. The predicted octanol–water partition coefficient (Wildman–Crippen LogP) is 3.62. The molecule has 5 nitrogen and oxygen atoms in total. The molecule has 0 unspecified atom stereocenters. The molecule has 26 heavy (non-hydrogen) atoms. The fraction of sp³-hybridized carbons (Fsp3) is 0.429. The Kier molecular flexibility index (Phi) is 11.4. The van der Waals surface area contributed by atoms with Gasteiger partial charge in [-0.3, -0.25) is 10.1 Å². The molecule has 0 aliphatic heterocycles. The standard InChI is InChI=1S/C10H13NO2S.C4H2Cl3F3O2/c12-10(13)9(7-14)11-6-8-4-2-1-3-5-8;5-1-3(6,7)12-2(11)4(8,9)10/h1-5,9,11,14H,6-7H2,(H,12,13);1H2/t9-;/m1./s1. The van der Waals surface area contributed by atoms with Crippen molar-refractivity contribution in [3.63, 3.8) is 0 Å². The number of carbonyl (C=O) groups excluding carboxylic acids is 1. The van der Waals surface area contributed by atoms with Gasteiger partial charge in [-0.05, 0) is 5.56 Å². The van der Waals surface area contributed by atoms with Gasteiger partial charge in [-0.2, -0.15) is 25.8 Å². The van der Waals surface area contributed by atoms with E-state index in [1.54, 1.807) is 0 Å². The van der Waals surface area contributed by atoms with Crippen molar-refractivity contribution in [1.82, 2.24) is 5.32 Å². The predicted molar refractivity (Wildman–Crippen MR) is 95.9 cm³/mol. The van der Waals surface area contributed by atoms with Crippen molar-refractivity contribution < 1.29 is 32.6 Å². The number of carboxylic acids is 1. The number of hydrogen-bond donors (Lipinski definition) is 3. The Hall–Kier alpha value is -0.870. The number of halogens is 6. The van der Waals surface area contributed by atoms with Gasteiger partial charge in [0, 0.05) is 12.3 Å². The van der Waals surface area contributed by atoms with Crippen molar-refractivity contribution in [2.45, 2.75) is 23.3 Å². The molecule has 0 saturated carbocycles. The number of hydrogen-bond acceptors (Lipinski definition) is 5. The fourth-order valence-corrected chi connectivity index (χ4v) is 1.77. The summed E-state index contributed by atoms with van der Waals surface area (Å²) in [6.45, 7) is 0.554. The van der Waals surface area contributed by atoms with Gasteiger partial charge in [-0.1, -0.05) is 53.5 Å². The normalized spacial score (nSPS) is 12.6. The SMILES string of the molecule is O=C(O)[C@@H](CS)NCc1ccccc1.O=C(OC(Cl)(Cl)CCl)C(F)(F)F. The molecule has 2 N–H and O–H groups in total. The molecule has 1 atom stereocenters. The highest BCUT2D eigenvalue weighted by Gasteiger charge is 2.45. The van der Waals surface area contributed by atoms with Crippen LogP contribution in [0, 0.1) is 0 Å². The smallest absolute Gasteiger partial charge is 0.480 e. The number of benzene rings is 1. The molecule has 0 radical (unpaired) electrons. The molecular formula is C14H15Cl3F3NO4S. The highest BCUT2D eigenvalue weighted by Crippen LogP contribution is 2.28. The van der Waals surface area contributed by atoms with Gasteiger partial charge in [0.1, 0.15) is 6.04 Å². The molecular weight excluding hydrogens is 442 g/mol. The number of rotatable bonds is 7. The van der Waals surface area contributed by atoms with E-state index in [1.165, 1.54) is 0 Å². The lowest BCUT2D eigenvalue weighted by Crippen LogP contribution is -2.37. The van der Waals surface area contributed by atoms with E-state index in [9.17, 15) is 22.8 Å². The molecule has 148 valence electrons. The lowest BCUT2D eigenvalue weighted by atomic mass is 10.2. The number of alkyl halides is 6. The average Bonchev–Trinajstić information content (AvgIpc) is 2.55. The van der Waals surface area contributed by atoms with Crippen LogP contribution in [0.5, 0.6) is 0 Å². The van der Waals surface area contributed by atoms with E-state index in [4.69, 9.17) is 39.9 Å². The lowest BCUT2D eigenvalue weighted by molar-refractivity contribution is -0.202. The van der Waals surface area contributed by atoms with E-state index in [0.717, 1.165) is 5.56 Å². The summed E-state index contributed by atoms with van der Waals surface area (Å²) >= 11 is 19.0. The minimum Gasteiger partial charge on any atom is -0.480 e. The quantitative estimate of drug-likeness (QED) is 0.332. The van der Waals surface area contributed by atoms with Crippen LogP contribution in [0.15, 0.2) is 30.3 Å². The Morgan fingerprint density at radius 2 is 1.77 bits per heavy atom. The van der Waals surface area contributed by atoms with E-state index in [-0.39, 0.29) is 0 Å². The van der Waals surface area contributed by atoms with Gasteiger partial charge in [0.15, 0.2) is 0 Å². The van der Waals surface area contributed by atoms with Crippen molar-refractivity contribution in [2.24, 2.45) is 0 Å². The van der Waals surface area contributed by atoms with Crippen LogP contribution in [0.1, 0.15) is 5.56 Å². The Labute approximate surface area is 168 Å². The second-order valence-electron chi connectivity index (χ2n) is 4.60. The third-order valence-electron chi connectivity index (χ3n) is 2.51. The Balaban J connectivity index is 0.000000488. The summed E-state index contributed by atoms with van der Waals surface area (Å²) in [4.78, 5) is 20.7. The van der Waals surface area contributed by atoms with Crippen molar-refractivity contribution in [3.05, 3.63) is 35.9 Å². The molecule has 0 amide bonds. The maximum Gasteiger partial charge on any atom is 0.491 e. The van der Waals surface area contributed by atoms with Crippen LogP contribution in [-0.4, -0.2) is 45.4 Å². The first-order valence-corrected chi connectivity index (χ1v) is 8.70. The average molecular weight is 457 g/mol. The number of carbonyl (C=O) groups is 2. The first-order chi connectivity index (χ1) is 11.9. The molecule has 0 bridgehead atoms. The van der Waals surface area contributed by atoms with Gasteiger partial charge in [-0.15, -0.1) is 11.6 Å². The second kappa shape index (κ2) is 11.8. The topological polar surface area (TPSA) is 75.6 Å². The Morgan fingerprint density at radius 1 is 1.23 bits per heavy atom. The molecule has 1 aromatic carbocycles. The minimum absolute atomic E-state index is 0.294. The third-order valence-corrected chi connectivity index (χ3v) is 3.94. The number of nitrogens with one attached hydrogen (secondary N) is 1. The van der Waals surface area contributed by atoms with E-state index in [1.807, 2.05) is 30.3 Å². The van der Waals surface area contributed by atoms with Crippen LogP contribution >= 0.6 is 47.4 Å². The maximum atomic E-state index is 11.5. The van der Waals surface area contributed by atoms with Gasteiger partial charge < -0.3 is 9.84 Å². The summed E-state index contributed by atoms with van der Waals surface area (Å²) in [6.07, 6.45) is -5.12. The van der Waals surface area contributed by atoms with E-state index < -0.39 is 34.6 Å². The number of aliphatic carboxylic acids is 1. The minimum atomic E-state index is -5.12. The third kappa shape index (κ3) is 11.0. The first-order valence-electron chi connectivity index (χ1n) is 6.78. The molecule has 0 aromatic heterocycles. The lowest BCUT2D eigenvalue weighted by Gasteiger charge is -2.17. The highest BCUT2D eigenvalue weighted by molar-refractivity contribution is 7.80. The molecule has 0 saturated heterocycles. The number of esters is 1. The van der Waals surface area contributed by atoms with Crippen LogP contribution in [0.3, 0.4) is 0 Å². The van der Waals surface area contributed by atoms with Crippen molar-refractivity contribution in [2.75, 3.05) is 11.6 Å². The zero-order valence-electron chi connectivity index (χ0n) is 13.0. The molecule has 1 aromatic rings. The summed E-state index contributed by atoms with van der Waals surface area (Å²) in [5.74, 6) is -3.70. The van der Waals surface area contributed by atoms with Crippen molar-refractivity contribution >= 4 is 59.4 Å². The van der Waals surface area contributed by atoms with Crippen LogP contribution < -0.4 is 5.32 Å². The van der Waals surface area contributed by atoms with Crippen molar-refractivity contribution in [3.8, 4) is 0 Å². The van der Waals surface area contributed by atoms with Crippen LogP contribution in [-0.2, 0) is 20.9 Å². The van der Waals surface area contributed by atoms with Gasteiger partial charge in [0.05, 0.1) is 5.88 Å². The molecule has 12 heteroatoms.